The van der Waals surface area contributed by atoms with Crippen LogP contribution >= 0.6 is 24.0 Å². The fourth-order valence-corrected chi connectivity index (χ4v) is 9.49. The second kappa shape index (κ2) is 17.2. The molecule has 3 amide bonds. The van der Waals surface area contributed by atoms with Gasteiger partial charge < -0.3 is 14.5 Å². The number of aliphatic imine (C=N–C) groups is 1. The van der Waals surface area contributed by atoms with Gasteiger partial charge >= 0.3 is 0 Å². The van der Waals surface area contributed by atoms with Gasteiger partial charge in [0.05, 0.1) is 29.9 Å². The molecule has 0 aromatic heterocycles. The quantitative estimate of drug-likeness (QED) is 0.140. The van der Waals surface area contributed by atoms with Crippen molar-refractivity contribution in [2.75, 3.05) is 52.4 Å². The third kappa shape index (κ3) is 8.67. The average Bonchev–Trinajstić information content (AvgIpc) is 3.31. The summed E-state index contributed by atoms with van der Waals surface area (Å²) in [5, 5.41) is 1.66. The van der Waals surface area contributed by atoms with Gasteiger partial charge in [-0.25, -0.2) is 0 Å². The van der Waals surface area contributed by atoms with Gasteiger partial charge in [0, 0.05) is 83.6 Å². The summed E-state index contributed by atoms with van der Waals surface area (Å²) in [7, 11) is 0. The maximum absolute atomic E-state index is 14.0. The molecule has 11 heteroatoms. The van der Waals surface area contributed by atoms with Crippen molar-refractivity contribution in [3.8, 4) is 5.75 Å². The minimum absolute atomic E-state index is 0.0129. The third-order valence-electron chi connectivity index (χ3n) is 12.6. The van der Waals surface area contributed by atoms with Crippen LogP contribution in [0.4, 0.5) is 5.69 Å². The largest absolute Gasteiger partial charge is 0.493 e. The topological polar surface area (TPSA) is 85.8 Å². The molecule has 1 saturated heterocycles. The van der Waals surface area contributed by atoms with Crippen LogP contribution in [0.2, 0.25) is 0 Å². The second-order valence-electron chi connectivity index (χ2n) is 17.6. The first-order valence-electron chi connectivity index (χ1n) is 20.5. The predicted octanol–water partition coefficient (Wildman–Crippen LogP) is 9.66. The number of benzene rings is 3. The van der Waals surface area contributed by atoms with Gasteiger partial charge in [0.1, 0.15) is 10.1 Å². The number of hydrogen-bond acceptors (Lipinski definition) is 8. The Morgan fingerprint density at radius 3 is 2.00 bits per heavy atom. The van der Waals surface area contributed by atoms with E-state index in [9.17, 15) is 14.4 Å². The molecule has 3 aromatic carbocycles. The summed E-state index contributed by atoms with van der Waals surface area (Å²) >= 11 is 7.80. The van der Waals surface area contributed by atoms with Crippen molar-refractivity contribution in [1.29, 1.82) is 0 Å². The number of amides is 3. The normalized spacial score (nSPS) is 16.7. The molecule has 0 spiro atoms. The minimum atomic E-state index is -0.756. The minimum Gasteiger partial charge on any atom is -0.493 e. The number of ether oxygens (including phenoxy) is 1. The van der Waals surface area contributed by atoms with Gasteiger partial charge in [-0.1, -0.05) is 96.7 Å². The van der Waals surface area contributed by atoms with Crippen LogP contribution in [0, 0.1) is 17.8 Å². The zero-order chi connectivity index (χ0) is 42.1. The Morgan fingerprint density at radius 2 is 1.42 bits per heavy atom. The van der Waals surface area contributed by atoms with Crippen LogP contribution in [0.1, 0.15) is 119 Å². The molecule has 0 radical (unpaired) electrons. The zero-order valence-corrected chi connectivity index (χ0v) is 37.9. The second-order valence-corrected chi connectivity index (χ2v) is 19.9. The third-order valence-corrected chi connectivity index (χ3v) is 14.6. The van der Waals surface area contributed by atoms with Crippen molar-refractivity contribution in [2.24, 2.45) is 15.8 Å². The van der Waals surface area contributed by atoms with E-state index in [1.165, 1.54) is 4.90 Å². The van der Waals surface area contributed by atoms with E-state index in [0.29, 0.717) is 42.1 Å². The van der Waals surface area contributed by atoms with Gasteiger partial charge in [-0.05, 0) is 70.2 Å². The summed E-state index contributed by atoms with van der Waals surface area (Å²) in [5.41, 5.74) is 1.94. The molecule has 0 bridgehead atoms. The molecule has 308 valence electrons. The molecular weight excluding hydrogens is 751 g/mol. The Bertz CT molecular complexity index is 2000. The van der Waals surface area contributed by atoms with Crippen LogP contribution in [-0.4, -0.2) is 111 Å². The highest BCUT2D eigenvalue weighted by Gasteiger charge is 2.50. The predicted molar refractivity (Wildman–Crippen MR) is 241 cm³/mol. The molecule has 6 rings (SSSR count). The van der Waals surface area contributed by atoms with Gasteiger partial charge in [-0.2, -0.15) is 0 Å². The highest BCUT2D eigenvalue weighted by molar-refractivity contribution is 8.23. The number of imide groups is 1. The Labute approximate surface area is 350 Å². The summed E-state index contributed by atoms with van der Waals surface area (Å²) in [4.78, 5) is 53.8. The summed E-state index contributed by atoms with van der Waals surface area (Å²) in [6.07, 6.45) is 2.71. The molecular formula is C46H63N5O4S2. The van der Waals surface area contributed by atoms with Gasteiger partial charge in [-0.15, -0.1) is 0 Å². The monoisotopic (exact) mass is 813 g/mol. The van der Waals surface area contributed by atoms with Crippen molar-refractivity contribution in [3.63, 3.8) is 0 Å². The zero-order valence-electron chi connectivity index (χ0n) is 36.2. The van der Waals surface area contributed by atoms with Crippen molar-refractivity contribution >= 4 is 68.7 Å². The Kier molecular flexibility index (Phi) is 13.4. The molecule has 0 atom stereocenters. The Hall–Kier alpha value is -3.80. The van der Waals surface area contributed by atoms with Crippen molar-refractivity contribution < 1.29 is 19.1 Å². The van der Waals surface area contributed by atoms with Gasteiger partial charge in [0.2, 0.25) is 0 Å². The first kappa shape index (κ1) is 44.3. The first-order valence-corrected chi connectivity index (χ1v) is 21.7. The summed E-state index contributed by atoms with van der Waals surface area (Å²) in [6, 6.07) is 15.2. The summed E-state index contributed by atoms with van der Waals surface area (Å²) in [5.74, 6) is 0.294. The number of aryl methyl sites for hydroxylation is 1. The van der Waals surface area contributed by atoms with E-state index >= 15 is 0 Å². The summed E-state index contributed by atoms with van der Waals surface area (Å²) < 4.78 is 7.11. The fraction of sp³-hybridized carbons (Fsp3) is 0.543. The van der Waals surface area contributed by atoms with E-state index < -0.39 is 11.0 Å². The van der Waals surface area contributed by atoms with Crippen LogP contribution in [0.25, 0.3) is 10.8 Å². The highest BCUT2D eigenvalue weighted by atomic mass is 32.2. The van der Waals surface area contributed by atoms with Crippen LogP contribution in [0.15, 0.2) is 53.5 Å². The lowest BCUT2D eigenvalue weighted by molar-refractivity contribution is -0.00336. The molecule has 0 aliphatic carbocycles. The Morgan fingerprint density at radius 1 is 0.825 bits per heavy atom. The van der Waals surface area contributed by atoms with Crippen LogP contribution in [0.3, 0.4) is 0 Å². The molecule has 0 unspecified atom stereocenters. The molecule has 3 aliphatic rings. The lowest BCUT2D eigenvalue weighted by atomic mass is 9.71. The van der Waals surface area contributed by atoms with Crippen LogP contribution < -0.4 is 4.74 Å². The molecule has 0 saturated carbocycles. The number of hydrogen-bond donors (Lipinski definition) is 0. The lowest BCUT2D eigenvalue weighted by Crippen LogP contribution is -2.63. The molecule has 1 fully saturated rings. The van der Waals surface area contributed by atoms with Gasteiger partial charge in [0.25, 0.3) is 17.7 Å². The van der Waals surface area contributed by atoms with E-state index in [-0.39, 0.29) is 27.9 Å². The van der Waals surface area contributed by atoms with E-state index in [1.54, 1.807) is 11.8 Å². The molecule has 3 aliphatic heterocycles. The number of thiocarbonyl (C=S) groups is 1. The van der Waals surface area contributed by atoms with Crippen molar-refractivity contribution in [3.05, 3.63) is 70.8 Å². The number of rotatable bonds is 11. The number of nitrogens with zero attached hydrogens (tertiary/aromatic N) is 5. The fourth-order valence-electron chi connectivity index (χ4n) is 7.60. The molecule has 9 nitrogen and oxygen atoms in total. The van der Waals surface area contributed by atoms with E-state index in [2.05, 4.69) is 63.3 Å². The molecule has 57 heavy (non-hydrogen) atoms. The lowest BCUT2D eigenvalue weighted by Gasteiger charge is -2.51. The molecule has 0 N–H and O–H groups in total. The highest BCUT2D eigenvalue weighted by Crippen LogP contribution is 2.45. The van der Waals surface area contributed by atoms with Crippen LogP contribution in [-0.2, 0) is 0 Å². The number of piperazine rings is 1. The summed E-state index contributed by atoms with van der Waals surface area (Å²) in [6.45, 7) is 31.0. The van der Waals surface area contributed by atoms with Crippen LogP contribution in [0.5, 0.6) is 5.75 Å². The van der Waals surface area contributed by atoms with Crippen molar-refractivity contribution in [1.82, 2.24) is 19.6 Å². The Balaban J connectivity index is 0.00000305. The van der Waals surface area contributed by atoms with E-state index in [0.717, 1.165) is 65.6 Å². The number of thioether (sulfide) groups is 1. The van der Waals surface area contributed by atoms with Gasteiger partial charge in [-0.3, -0.25) is 29.2 Å². The smallest absolute Gasteiger partial charge is 0.261 e. The molecule has 3 heterocycles. The number of carbonyl (C=O) groups is 3. The van der Waals surface area contributed by atoms with Gasteiger partial charge in [0.15, 0.2) is 0 Å². The van der Waals surface area contributed by atoms with E-state index in [1.807, 2.05) is 94.3 Å². The molecule has 3 aromatic rings. The maximum Gasteiger partial charge on any atom is 0.261 e. The first-order chi connectivity index (χ1) is 26.8. The number of carbonyl (C=O) groups excluding carboxylic acids is 3. The SMILES string of the molecule is CC.CCCN1CC=Nc2cc(OCC(C)(C)C(C)(C)SC(=S)N3CCN(CC(C)(C)C(C)(C)N4C(=O)c5cccc6cccc(c56)C4=O)CC3)c(C)cc2C1=O. The standard InChI is InChI=1S/C44H57N5O4S2.C2H6/c1-11-19-47-20-18-45-34-26-35(29(2)25-33(34)37(47)50)53-28-42(5,6)44(9,10)55-40(54)48-23-21-46(22-24-48)27-41(3,4)43(7,8)49-38(51)31-16-12-14-30-15-13-17-32(36(30)31)39(49)52;1-2/h12-18,25-26H,11,19-24,27-28H2,1-10H3;1-2H3. The maximum atomic E-state index is 14.0. The van der Waals surface area contributed by atoms with Crippen molar-refractivity contribution in [2.45, 2.75) is 99.8 Å². The average molecular weight is 814 g/mol. The van der Waals surface area contributed by atoms with E-state index in [4.69, 9.17) is 17.0 Å². The number of fused-ring (bicyclic) bond motifs is 1.